The molecule has 0 spiro atoms. The van der Waals surface area contributed by atoms with E-state index in [-0.39, 0.29) is 35.7 Å². The predicted octanol–water partition coefficient (Wildman–Crippen LogP) is 3.18. The lowest BCUT2D eigenvalue weighted by Gasteiger charge is -2.33. The molecule has 1 saturated heterocycles. The smallest absolute Gasteiger partial charge is 0.309 e. The van der Waals surface area contributed by atoms with Crippen LogP contribution in [0.25, 0.3) is 0 Å². The average molecular weight is 401 g/mol. The minimum Gasteiger partial charge on any atom is -0.466 e. The van der Waals surface area contributed by atoms with Crippen LogP contribution < -0.4 is 0 Å². The number of hydrogen-bond donors (Lipinski definition) is 0. The molecule has 2 amide bonds. The largest absolute Gasteiger partial charge is 0.466 e. The maximum absolute atomic E-state index is 12.8. The molecule has 6 heteroatoms. The van der Waals surface area contributed by atoms with Crippen LogP contribution >= 0.6 is 0 Å². The van der Waals surface area contributed by atoms with Gasteiger partial charge in [-0.2, -0.15) is 0 Å². The zero-order valence-electron chi connectivity index (χ0n) is 17.5. The predicted molar refractivity (Wildman–Crippen MR) is 110 cm³/mol. The van der Waals surface area contributed by atoms with E-state index in [9.17, 15) is 14.4 Å². The van der Waals surface area contributed by atoms with Crippen LogP contribution in [0.15, 0.2) is 30.3 Å². The van der Waals surface area contributed by atoms with E-state index < -0.39 is 0 Å². The molecule has 1 aromatic carbocycles. The Morgan fingerprint density at radius 3 is 2.31 bits per heavy atom. The summed E-state index contributed by atoms with van der Waals surface area (Å²) in [5.74, 6) is 0.0791. The summed E-state index contributed by atoms with van der Waals surface area (Å²) in [7, 11) is 0. The first-order valence-electron chi connectivity index (χ1n) is 10.8. The lowest BCUT2D eigenvalue weighted by molar-refractivity contribution is -0.151. The van der Waals surface area contributed by atoms with Crippen LogP contribution in [0.4, 0.5) is 0 Å². The summed E-state index contributed by atoms with van der Waals surface area (Å²) in [6, 6.07) is 9.92. The van der Waals surface area contributed by atoms with E-state index in [1.807, 2.05) is 54.0 Å². The van der Waals surface area contributed by atoms with Gasteiger partial charge in [-0.15, -0.1) is 0 Å². The molecular weight excluding hydrogens is 368 g/mol. The first-order chi connectivity index (χ1) is 14.0. The molecule has 1 aliphatic heterocycles. The summed E-state index contributed by atoms with van der Waals surface area (Å²) in [5, 5.41) is 0. The maximum atomic E-state index is 12.8. The highest BCUT2D eigenvalue weighted by Gasteiger charge is 2.36. The quantitative estimate of drug-likeness (QED) is 0.629. The highest BCUT2D eigenvalue weighted by Crippen LogP contribution is 2.34. The number of esters is 1. The number of carbonyl (C=O) groups is 3. The number of carbonyl (C=O) groups excluding carboxylic acids is 3. The van der Waals surface area contributed by atoms with Gasteiger partial charge in [0.15, 0.2) is 0 Å². The van der Waals surface area contributed by atoms with Crippen molar-refractivity contribution in [3.8, 4) is 0 Å². The standard InChI is InChI=1S/C23H32N2O4/c1-3-29-23(28)20-11-14-24(15-12-20)21(26)13-16-25(22(27)19-9-10-19)17(2)18-7-5-4-6-8-18/h4-8,17,19-20H,3,9-16H2,1-2H3. The lowest BCUT2D eigenvalue weighted by atomic mass is 9.97. The Balaban J connectivity index is 1.55. The van der Waals surface area contributed by atoms with E-state index in [1.54, 1.807) is 0 Å². The van der Waals surface area contributed by atoms with Gasteiger partial charge < -0.3 is 14.5 Å². The Morgan fingerprint density at radius 1 is 1.07 bits per heavy atom. The van der Waals surface area contributed by atoms with Crippen molar-refractivity contribution >= 4 is 17.8 Å². The van der Waals surface area contributed by atoms with Gasteiger partial charge in [0.25, 0.3) is 0 Å². The molecule has 1 heterocycles. The molecular formula is C23H32N2O4. The molecule has 158 valence electrons. The number of nitrogens with zero attached hydrogens (tertiary/aromatic N) is 2. The van der Waals surface area contributed by atoms with Gasteiger partial charge in [0.2, 0.25) is 11.8 Å². The number of hydrogen-bond acceptors (Lipinski definition) is 4. The van der Waals surface area contributed by atoms with Crippen LogP contribution in [0.5, 0.6) is 0 Å². The summed E-state index contributed by atoms with van der Waals surface area (Å²) in [4.78, 5) is 41.1. The minimum atomic E-state index is -0.155. The Kier molecular flexibility index (Phi) is 7.29. The molecule has 1 saturated carbocycles. The normalized spacial score (nSPS) is 18.2. The van der Waals surface area contributed by atoms with Crippen LogP contribution in [-0.2, 0) is 19.1 Å². The topological polar surface area (TPSA) is 66.9 Å². The van der Waals surface area contributed by atoms with Crippen LogP contribution in [0.1, 0.15) is 57.6 Å². The van der Waals surface area contributed by atoms with E-state index in [1.165, 1.54) is 0 Å². The van der Waals surface area contributed by atoms with E-state index in [2.05, 4.69) is 0 Å². The Morgan fingerprint density at radius 2 is 1.72 bits per heavy atom. The van der Waals surface area contributed by atoms with Crippen molar-refractivity contribution in [1.29, 1.82) is 0 Å². The molecule has 29 heavy (non-hydrogen) atoms. The highest BCUT2D eigenvalue weighted by atomic mass is 16.5. The Bertz CT molecular complexity index is 709. The van der Waals surface area contributed by atoms with Crippen molar-refractivity contribution in [1.82, 2.24) is 9.80 Å². The van der Waals surface area contributed by atoms with Gasteiger partial charge in [-0.1, -0.05) is 30.3 Å². The number of piperidine rings is 1. The van der Waals surface area contributed by atoms with Gasteiger partial charge in [0.05, 0.1) is 18.6 Å². The fourth-order valence-electron chi connectivity index (χ4n) is 3.97. The van der Waals surface area contributed by atoms with Crippen molar-refractivity contribution in [2.24, 2.45) is 11.8 Å². The zero-order valence-corrected chi connectivity index (χ0v) is 17.5. The monoisotopic (exact) mass is 400 g/mol. The van der Waals surface area contributed by atoms with Gasteiger partial charge in [0, 0.05) is 32.0 Å². The summed E-state index contributed by atoms with van der Waals surface area (Å²) < 4.78 is 5.09. The second kappa shape index (κ2) is 9.90. The van der Waals surface area contributed by atoms with Crippen LogP contribution in [0.3, 0.4) is 0 Å². The van der Waals surface area contributed by atoms with Crippen molar-refractivity contribution in [2.45, 2.75) is 52.0 Å². The molecule has 1 aliphatic carbocycles. The lowest BCUT2D eigenvalue weighted by Crippen LogP contribution is -2.43. The first-order valence-corrected chi connectivity index (χ1v) is 10.8. The van der Waals surface area contributed by atoms with E-state index in [4.69, 9.17) is 4.74 Å². The third-order valence-corrected chi connectivity index (χ3v) is 5.99. The SMILES string of the molecule is CCOC(=O)C1CCN(C(=O)CCN(C(=O)C2CC2)C(C)c2ccccc2)CC1. The first kappa shape index (κ1) is 21.3. The number of ether oxygens (including phenoxy) is 1. The van der Waals surface area contributed by atoms with E-state index in [0.717, 1.165) is 18.4 Å². The molecule has 0 aromatic heterocycles. The van der Waals surface area contributed by atoms with Crippen molar-refractivity contribution in [3.63, 3.8) is 0 Å². The number of benzene rings is 1. The molecule has 1 unspecified atom stereocenters. The molecule has 3 rings (SSSR count). The second-order valence-electron chi connectivity index (χ2n) is 8.05. The van der Waals surface area contributed by atoms with E-state index >= 15 is 0 Å². The van der Waals surface area contributed by atoms with Crippen LogP contribution in [0.2, 0.25) is 0 Å². The Hall–Kier alpha value is -2.37. The second-order valence-corrected chi connectivity index (χ2v) is 8.05. The van der Waals surface area contributed by atoms with E-state index in [0.29, 0.717) is 45.5 Å². The molecule has 1 atom stereocenters. The molecule has 1 aromatic rings. The molecule has 6 nitrogen and oxygen atoms in total. The zero-order chi connectivity index (χ0) is 20.8. The molecule has 0 radical (unpaired) electrons. The fraction of sp³-hybridized carbons (Fsp3) is 0.609. The van der Waals surface area contributed by atoms with Crippen molar-refractivity contribution in [2.75, 3.05) is 26.2 Å². The summed E-state index contributed by atoms with van der Waals surface area (Å²) in [6.45, 7) is 5.82. The fourth-order valence-corrected chi connectivity index (χ4v) is 3.97. The number of likely N-dealkylation sites (tertiary alicyclic amines) is 1. The highest BCUT2D eigenvalue weighted by molar-refractivity contribution is 5.83. The molecule has 2 fully saturated rings. The summed E-state index contributed by atoms with van der Waals surface area (Å²) in [6.07, 6.45) is 3.52. The number of amides is 2. The number of rotatable bonds is 8. The summed E-state index contributed by atoms with van der Waals surface area (Å²) in [5.41, 5.74) is 1.09. The third-order valence-electron chi connectivity index (χ3n) is 5.99. The van der Waals surface area contributed by atoms with Crippen molar-refractivity contribution < 1.29 is 19.1 Å². The van der Waals surface area contributed by atoms with Gasteiger partial charge in [-0.25, -0.2) is 0 Å². The van der Waals surface area contributed by atoms with Crippen molar-refractivity contribution in [3.05, 3.63) is 35.9 Å². The maximum Gasteiger partial charge on any atom is 0.309 e. The Labute approximate surface area is 173 Å². The minimum absolute atomic E-state index is 0.0494. The average Bonchev–Trinajstić information content (AvgIpc) is 3.60. The van der Waals surface area contributed by atoms with Gasteiger partial charge >= 0.3 is 5.97 Å². The van der Waals surface area contributed by atoms with Gasteiger partial charge in [-0.3, -0.25) is 14.4 Å². The third kappa shape index (κ3) is 5.58. The van der Waals surface area contributed by atoms with Gasteiger partial charge in [0.1, 0.15) is 0 Å². The summed E-state index contributed by atoms with van der Waals surface area (Å²) >= 11 is 0. The molecule has 2 aliphatic rings. The molecule has 0 bridgehead atoms. The van der Waals surface area contributed by atoms with Gasteiger partial charge in [-0.05, 0) is 45.1 Å². The molecule has 0 N–H and O–H groups in total. The van der Waals surface area contributed by atoms with Crippen LogP contribution in [0, 0.1) is 11.8 Å². The van der Waals surface area contributed by atoms with Crippen LogP contribution in [-0.4, -0.2) is 53.8 Å².